The first-order chi connectivity index (χ1) is 15.8. The number of aliphatic hydroxyl groups is 1. The molecule has 3 heterocycles. The Morgan fingerprint density at radius 3 is 2.58 bits per heavy atom. The molecule has 0 amide bonds. The minimum atomic E-state index is -1.12. The fourth-order valence-electron chi connectivity index (χ4n) is 3.34. The number of nitrogens with zero attached hydrogens (tertiary/aromatic N) is 5. The number of aromatic nitrogens is 5. The number of pyridine rings is 1. The molecule has 1 aromatic carbocycles. The van der Waals surface area contributed by atoms with Gasteiger partial charge in [0.15, 0.2) is 22.8 Å². The number of nitrogens with two attached hydrogens (primary N) is 1. The van der Waals surface area contributed by atoms with E-state index in [1.807, 2.05) is 0 Å². The summed E-state index contributed by atoms with van der Waals surface area (Å²) in [5.74, 6) is -2.22. The molecule has 12 heteroatoms. The van der Waals surface area contributed by atoms with Crippen LogP contribution in [-0.4, -0.2) is 35.4 Å². The minimum Gasteiger partial charge on any atom is -0.425 e. The van der Waals surface area contributed by atoms with Crippen LogP contribution in [-0.2, 0) is 20.1 Å². The van der Waals surface area contributed by atoms with Crippen LogP contribution in [0.5, 0.6) is 11.8 Å². The summed E-state index contributed by atoms with van der Waals surface area (Å²) >= 11 is 0. The second kappa shape index (κ2) is 8.82. The van der Waals surface area contributed by atoms with Crippen LogP contribution in [0.4, 0.5) is 14.5 Å². The predicted molar refractivity (Wildman–Crippen MR) is 115 cm³/mol. The van der Waals surface area contributed by atoms with Crippen LogP contribution in [0.15, 0.2) is 46.1 Å². The predicted octanol–water partition coefficient (Wildman–Crippen LogP) is 1.38. The molecule has 0 saturated carbocycles. The summed E-state index contributed by atoms with van der Waals surface area (Å²) in [4.78, 5) is 34.5. The average molecular weight is 458 g/mol. The summed E-state index contributed by atoms with van der Waals surface area (Å²) < 4.78 is 36.3. The molecule has 33 heavy (non-hydrogen) atoms. The van der Waals surface area contributed by atoms with Gasteiger partial charge in [-0.1, -0.05) is 0 Å². The molecule has 0 unspecified atom stereocenters. The molecule has 4 rings (SSSR count). The highest BCUT2D eigenvalue weighted by Gasteiger charge is 2.22. The standard InChI is InChI=1S/C21H20F2N6O4/c1-27-18-17(19(31)28(21(27)32)7-2-8-30)29(11-13-4-3-12(24)10-25-13)20(26-18)33-14-5-6-15(22)16(23)9-14/h3-6,9-10,30H,2,7-8,11,24H2,1H3. The fraction of sp³-hybridized carbons (Fsp3) is 0.238. The lowest BCUT2D eigenvalue weighted by Crippen LogP contribution is -2.39. The average Bonchev–Trinajstić information content (AvgIpc) is 3.14. The van der Waals surface area contributed by atoms with E-state index in [4.69, 9.17) is 15.6 Å². The third kappa shape index (κ3) is 4.20. The van der Waals surface area contributed by atoms with Crippen molar-refractivity contribution in [1.82, 2.24) is 23.7 Å². The van der Waals surface area contributed by atoms with Crippen molar-refractivity contribution in [3.8, 4) is 11.8 Å². The smallest absolute Gasteiger partial charge is 0.332 e. The largest absolute Gasteiger partial charge is 0.425 e. The van der Waals surface area contributed by atoms with Gasteiger partial charge in [0.25, 0.3) is 5.56 Å². The molecule has 0 atom stereocenters. The lowest BCUT2D eigenvalue weighted by molar-refractivity contribution is 0.277. The first-order valence-corrected chi connectivity index (χ1v) is 9.94. The molecular formula is C21H20F2N6O4. The van der Waals surface area contributed by atoms with Crippen molar-refractivity contribution in [2.24, 2.45) is 7.05 Å². The van der Waals surface area contributed by atoms with Gasteiger partial charge in [-0.15, -0.1) is 0 Å². The second-order valence-corrected chi connectivity index (χ2v) is 7.29. The van der Waals surface area contributed by atoms with Gasteiger partial charge in [-0.2, -0.15) is 4.98 Å². The Morgan fingerprint density at radius 2 is 1.91 bits per heavy atom. The summed E-state index contributed by atoms with van der Waals surface area (Å²) in [5, 5.41) is 9.14. The van der Waals surface area contributed by atoms with Crippen molar-refractivity contribution in [3.63, 3.8) is 0 Å². The lowest BCUT2D eigenvalue weighted by Gasteiger charge is -2.11. The Bertz CT molecular complexity index is 1440. The maximum Gasteiger partial charge on any atom is 0.332 e. The molecule has 4 aromatic rings. The zero-order chi connectivity index (χ0) is 23.7. The molecule has 172 valence electrons. The topological polar surface area (TPSA) is 130 Å². The maximum atomic E-state index is 13.7. The normalized spacial score (nSPS) is 11.3. The van der Waals surface area contributed by atoms with Gasteiger partial charge in [0.2, 0.25) is 0 Å². The number of fused-ring (bicyclic) bond motifs is 1. The number of benzene rings is 1. The fourth-order valence-corrected chi connectivity index (χ4v) is 3.34. The van der Waals surface area contributed by atoms with Gasteiger partial charge in [-0.25, -0.2) is 13.6 Å². The van der Waals surface area contributed by atoms with E-state index < -0.39 is 22.9 Å². The molecule has 0 aliphatic carbocycles. The Labute approximate surface area is 185 Å². The molecule has 0 aliphatic heterocycles. The third-order valence-electron chi connectivity index (χ3n) is 5.01. The summed E-state index contributed by atoms with van der Waals surface area (Å²) in [7, 11) is 1.44. The first-order valence-electron chi connectivity index (χ1n) is 9.94. The van der Waals surface area contributed by atoms with Crippen molar-refractivity contribution >= 4 is 16.9 Å². The number of rotatable bonds is 7. The van der Waals surface area contributed by atoms with Crippen LogP contribution in [0.2, 0.25) is 0 Å². The Morgan fingerprint density at radius 1 is 1.12 bits per heavy atom. The summed E-state index contributed by atoms with van der Waals surface area (Å²) in [6.45, 7) is -0.182. The Balaban J connectivity index is 1.93. The molecule has 0 saturated heterocycles. The molecule has 0 aliphatic rings. The lowest BCUT2D eigenvalue weighted by atomic mass is 10.3. The molecule has 0 spiro atoms. The van der Waals surface area contributed by atoms with Gasteiger partial charge < -0.3 is 15.6 Å². The Kier molecular flexibility index (Phi) is 5.92. The van der Waals surface area contributed by atoms with E-state index in [2.05, 4.69) is 9.97 Å². The number of halogens is 2. The summed E-state index contributed by atoms with van der Waals surface area (Å²) in [5.41, 5.74) is 5.48. The number of imidazole rings is 1. The zero-order valence-electron chi connectivity index (χ0n) is 17.5. The van der Waals surface area contributed by atoms with Crippen LogP contribution < -0.4 is 21.7 Å². The van der Waals surface area contributed by atoms with Crippen LogP contribution in [0.25, 0.3) is 11.2 Å². The van der Waals surface area contributed by atoms with E-state index in [9.17, 15) is 18.4 Å². The van der Waals surface area contributed by atoms with Gasteiger partial charge >= 0.3 is 11.7 Å². The number of hydrogen-bond acceptors (Lipinski definition) is 7. The van der Waals surface area contributed by atoms with Gasteiger partial charge in [0, 0.05) is 26.3 Å². The van der Waals surface area contributed by atoms with Gasteiger partial charge in [0.1, 0.15) is 5.75 Å². The number of anilines is 1. The van der Waals surface area contributed by atoms with E-state index >= 15 is 0 Å². The number of aliphatic hydroxyl groups excluding tert-OH is 1. The van der Waals surface area contributed by atoms with E-state index in [1.54, 1.807) is 12.1 Å². The zero-order valence-corrected chi connectivity index (χ0v) is 17.5. The van der Waals surface area contributed by atoms with Crippen LogP contribution in [0, 0.1) is 11.6 Å². The maximum absolute atomic E-state index is 13.7. The van der Waals surface area contributed by atoms with Crippen LogP contribution in [0.3, 0.4) is 0 Å². The molecule has 0 bridgehead atoms. The van der Waals surface area contributed by atoms with Crippen LogP contribution >= 0.6 is 0 Å². The molecule has 10 nitrogen and oxygen atoms in total. The van der Waals surface area contributed by atoms with Gasteiger partial charge in [0.05, 0.1) is 24.1 Å². The monoisotopic (exact) mass is 458 g/mol. The van der Waals surface area contributed by atoms with E-state index in [1.165, 1.54) is 28.4 Å². The summed E-state index contributed by atoms with van der Waals surface area (Å²) in [6, 6.07) is 6.11. The highest BCUT2D eigenvalue weighted by atomic mass is 19.2. The van der Waals surface area contributed by atoms with E-state index in [0.29, 0.717) is 11.4 Å². The van der Waals surface area contributed by atoms with E-state index in [-0.39, 0.29) is 49.0 Å². The molecule has 0 fully saturated rings. The van der Waals surface area contributed by atoms with Gasteiger partial charge in [-0.3, -0.25) is 23.5 Å². The highest BCUT2D eigenvalue weighted by Crippen LogP contribution is 2.26. The summed E-state index contributed by atoms with van der Waals surface area (Å²) in [6.07, 6.45) is 1.64. The first kappa shape index (κ1) is 22.1. The molecule has 3 N–H and O–H groups in total. The Hall–Kier alpha value is -4.06. The number of aryl methyl sites for hydroxylation is 1. The third-order valence-corrected chi connectivity index (χ3v) is 5.01. The van der Waals surface area contributed by atoms with Crippen molar-refractivity contribution in [1.29, 1.82) is 0 Å². The van der Waals surface area contributed by atoms with Crippen molar-refractivity contribution in [2.45, 2.75) is 19.5 Å². The molecule has 0 radical (unpaired) electrons. The second-order valence-electron chi connectivity index (χ2n) is 7.29. The quantitative estimate of drug-likeness (QED) is 0.428. The van der Waals surface area contributed by atoms with Gasteiger partial charge in [-0.05, 0) is 30.7 Å². The molecular weight excluding hydrogens is 438 g/mol. The van der Waals surface area contributed by atoms with Crippen LogP contribution in [0.1, 0.15) is 12.1 Å². The van der Waals surface area contributed by atoms with Crippen molar-refractivity contribution < 1.29 is 18.6 Å². The van der Waals surface area contributed by atoms with Crippen molar-refractivity contribution in [2.75, 3.05) is 12.3 Å². The number of ether oxygens (including phenoxy) is 1. The number of hydrogen-bond donors (Lipinski definition) is 2. The minimum absolute atomic E-state index is 0.00259. The molecule has 3 aromatic heterocycles. The van der Waals surface area contributed by atoms with E-state index in [0.717, 1.165) is 16.7 Å². The van der Waals surface area contributed by atoms with Crippen molar-refractivity contribution in [3.05, 3.63) is 74.7 Å². The number of nitrogen functional groups attached to an aromatic ring is 1. The highest BCUT2D eigenvalue weighted by molar-refractivity contribution is 5.72. The SMILES string of the molecule is Cn1c(=O)n(CCCO)c(=O)c2c1nc(Oc1ccc(F)c(F)c1)n2Cc1ccc(N)cn1.